The van der Waals surface area contributed by atoms with E-state index in [1.165, 1.54) is 0 Å². The van der Waals surface area contributed by atoms with E-state index in [2.05, 4.69) is 22.7 Å². The first kappa shape index (κ1) is 20.0. The van der Waals surface area contributed by atoms with Crippen LogP contribution in [-0.4, -0.2) is 12.2 Å². The van der Waals surface area contributed by atoms with Crippen molar-refractivity contribution in [2.45, 2.75) is 12.0 Å². The lowest BCUT2D eigenvalue weighted by Crippen LogP contribution is -2.07. The van der Waals surface area contributed by atoms with Gasteiger partial charge in [-0.3, -0.25) is 5.43 Å². The van der Waals surface area contributed by atoms with E-state index in [-0.39, 0.29) is 5.37 Å². The third kappa shape index (κ3) is 4.64. The number of halogens is 2. The van der Waals surface area contributed by atoms with E-state index in [0.29, 0.717) is 28.2 Å². The lowest BCUT2D eigenvalue weighted by atomic mass is 10.2. The molecule has 3 aromatic rings. The molecule has 0 saturated heterocycles. The predicted octanol–water partition coefficient (Wildman–Crippen LogP) is 6.28. The Hall–Kier alpha value is -2.34. The minimum atomic E-state index is 0.0128. The van der Waals surface area contributed by atoms with E-state index in [9.17, 15) is 0 Å². The Morgan fingerprint density at radius 1 is 1.00 bits per heavy atom. The van der Waals surface area contributed by atoms with Gasteiger partial charge in [0, 0.05) is 21.2 Å². The molecule has 0 saturated carbocycles. The van der Waals surface area contributed by atoms with E-state index in [1.54, 1.807) is 31.0 Å². The third-order valence-corrected chi connectivity index (χ3v) is 6.17. The van der Waals surface area contributed by atoms with Gasteiger partial charge in [0.2, 0.25) is 0 Å². The van der Waals surface area contributed by atoms with Crippen molar-refractivity contribution in [2.24, 2.45) is 5.10 Å². The quantitative estimate of drug-likeness (QED) is 0.485. The normalized spacial score (nSPS) is 15.6. The largest absolute Gasteiger partial charge is 0.493 e. The van der Waals surface area contributed by atoms with Crippen LogP contribution in [-0.2, 0) is 6.61 Å². The number of nitrogens with zero attached hydrogens (tertiary/aromatic N) is 1. The second kappa shape index (κ2) is 8.99. The van der Waals surface area contributed by atoms with E-state index >= 15 is 0 Å². The molecule has 0 unspecified atom stereocenters. The van der Waals surface area contributed by atoms with Gasteiger partial charge in [0.05, 0.1) is 7.11 Å². The molecule has 29 heavy (non-hydrogen) atoms. The summed E-state index contributed by atoms with van der Waals surface area (Å²) in [5.41, 5.74) is 6.20. The third-order valence-electron chi connectivity index (χ3n) is 4.42. The predicted molar refractivity (Wildman–Crippen MR) is 120 cm³/mol. The SMILES string of the molecule is COc1cc([C@H]2NN=C(c3ccccc3)S2)ccc1OCc1ccc(Cl)cc1Cl. The average Bonchev–Trinajstić information content (AvgIpc) is 3.24. The van der Waals surface area contributed by atoms with Crippen LogP contribution in [0.25, 0.3) is 0 Å². The molecule has 0 bridgehead atoms. The molecule has 7 heteroatoms. The van der Waals surface area contributed by atoms with Gasteiger partial charge in [-0.25, -0.2) is 0 Å². The van der Waals surface area contributed by atoms with E-state index in [4.69, 9.17) is 32.7 Å². The van der Waals surface area contributed by atoms with Crippen LogP contribution in [0.15, 0.2) is 71.8 Å². The van der Waals surface area contributed by atoms with Crippen LogP contribution in [0.4, 0.5) is 0 Å². The van der Waals surface area contributed by atoms with E-state index in [0.717, 1.165) is 21.7 Å². The zero-order valence-corrected chi connectivity index (χ0v) is 17.9. The maximum atomic E-state index is 6.23. The summed E-state index contributed by atoms with van der Waals surface area (Å²) >= 11 is 13.8. The minimum Gasteiger partial charge on any atom is -0.493 e. The van der Waals surface area contributed by atoms with Gasteiger partial charge in [-0.1, -0.05) is 77.4 Å². The standard InChI is InChI=1S/C22H18Cl2N2O2S/c1-27-20-11-15(22-26-25-21(29-22)14-5-3-2-4-6-14)8-10-19(20)28-13-16-7-9-17(23)12-18(16)24/h2-12,22,26H,13H2,1H3/t22-/m0/s1. The molecule has 3 aromatic carbocycles. The van der Waals surface area contributed by atoms with Crippen LogP contribution >= 0.6 is 35.0 Å². The fraction of sp³-hybridized carbons (Fsp3) is 0.136. The second-order valence-electron chi connectivity index (χ2n) is 6.34. The zero-order valence-electron chi connectivity index (χ0n) is 15.6. The summed E-state index contributed by atoms with van der Waals surface area (Å²) in [4.78, 5) is 0. The second-order valence-corrected chi connectivity index (χ2v) is 8.28. The molecule has 1 aliphatic rings. The lowest BCUT2D eigenvalue weighted by Gasteiger charge is -2.15. The Kier molecular flexibility index (Phi) is 6.19. The molecule has 0 spiro atoms. The van der Waals surface area contributed by atoms with Gasteiger partial charge < -0.3 is 9.47 Å². The first-order valence-electron chi connectivity index (χ1n) is 8.94. The van der Waals surface area contributed by atoms with Gasteiger partial charge in [0.15, 0.2) is 11.5 Å². The number of rotatable bonds is 6. The van der Waals surface area contributed by atoms with Crippen molar-refractivity contribution >= 4 is 40.0 Å². The smallest absolute Gasteiger partial charge is 0.161 e. The van der Waals surface area contributed by atoms with Crippen molar-refractivity contribution in [1.29, 1.82) is 0 Å². The van der Waals surface area contributed by atoms with E-state index < -0.39 is 0 Å². The van der Waals surface area contributed by atoms with Gasteiger partial charge in [0.25, 0.3) is 0 Å². The highest BCUT2D eigenvalue weighted by Crippen LogP contribution is 2.38. The number of thioether (sulfide) groups is 1. The van der Waals surface area contributed by atoms with Crippen LogP contribution in [0.5, 0.6) is 11.5 Å². The number of hydrazone groups is 1. The molecule has 0 fully saturated rings. The fourth-order valence-electron chi connectivity index (χ4n) is 2.90. The Labute approximate surface area is 183 Å². The van der Waals surface area contributed by atoms with E-state index in [1.807, 2.05) is 42.5 Å². The van der Waals surface area contributed by atoms with Crippen LogP contribution < -0.4 is 14.9 Å². The molecule has 1 aliphatic heterocycles. The highest BCUT2D eigenvalue weighted by Gasteiger charge is 2.23. The van der Waals surface area contributed by atoms with Crippen molar-refractivity contribution in [3.63, 3.8) is 0 Å². The molecule has 0 radical (unpaired) electrons. The highest BCUT2D eigenvalue weighted by atomic mass is 35.5. The topological polar surface area (TPSA) is 42.8 Å². The molecule has 1 N–H and O–H groups in total. The first-order chi connectivity index (χ1) is 14.1. The summed E-state index contributed by atoms with van der Waals surface area (Å²) in [7, 11) is 1.63. The molecule has 4 nitrogen and oxygen atoms in total. The lowest BCUT2D eigenvalue weighted by molar-refractivity contribution is 0.284. The number of hydrogen-bond donors (Lipinski definition) is 1. The fourth-order valence-corrected chi connectivity index (χ4v) is 4.35. The number of ether oxygens (including phenoxy) is 2. The Bertz CT molecular complexity index is 1040. The average molecular weight is 445 g/mol. The zero-order chi connectivity index (χ0) is 20.2. The first-order valence-corrected chi connectivity index (χ1v) is 10.6. The van der Waals surface area contributed by atoms with Crippen molar-refractivity contribution in [2.75, 3.05) is 7.11 Å². The molecule has 0 amide bonds. The number of benzene rings is 3. The highest BCUT2D eigenvalue weighted by molar-refractivity contribution is 8.14. The van der Waals surface area contributed by atoms with Gasteiger partial charge in [-0.2, -0.15) is 5.10 Å². The number of methoxy groups -OCH3 is 1. The summed E-state index contributed by atoms with van der Waals surface area (Å²) in [6, 6.07) is 21.3. The van der Waals surface area contributed by atoms with Crippen molar-refractivity contribution in [3.05, 3.63) is 93.5 Å². The van der Waals surface area contributed by atoms with Crippen LogP contribution in [0, 0.1) is 0 Å². The summed E-state index contributed by atoms with van der Waals surface area (Å²) < 4.78 is 11.5. The van der Waals surface area contributed by atoms with Gasteiger partial charge in [-0.15, -0.1) is 0 Å². The summed E-state index contributed by atoms with van der Waals surface area (Å²) in [6.45, 7) is 0.323. The van der Waals surface area contributed by atoms with Crippen molar-refractivity contribution in [1.82, 2.24) is 5.43 Å². The molecule has 148 valence electrons. The molecular weight excluding hydrogens is 427 g/mol. The minimum absolute atomic E-state index is 0.0128. The molecule has 0 aromatic heterocycles. The summed E-state index contributed by atoms with van der Waals surface area (Å²) in [5, 5.41) is 6.62. The molecule has 1 heterocycles. The van der Waals surface area contributed by atoms with Gasteiger partial charge in [-0.05, 0) is 29.8 Å². The molecule has 1 atom stereocenters. The van der Waals surface area contributed by atoms with Crippen LogP contribution in [0.1, 0.15) is 22.1 Å². The van der Waals surface area contributed by atoms with Crippen molar-refractivity contribution < 1.29 is 9.47 Å². The van der Waals surface area contributed by atoms with Crippen molar-refractivity contribution in [3.8, 4) is 11.5 Å². The molecular formula is C22H18Cl2N2O2S. The van der Waals surface area contributed by atoms with Crippen LogP contribution in [0.2, 0.25) is 10.0 Å². The molecule has 4 rings (SSSR count). The number of hydrogen-bond acceptors (Lipinski definition) is 5. The van der Waals surface area contributed by atoms with Crippen LogP contribution in [0.3, 0.4) is 0 Å². The Morgan fingerprint density at radius 2 is 1.83 bits per heavy atom. The maximum Gasteiger partial charge on any atom is 0.161 e. The maximum absolute atomic E-state index is 6.23. The summed E-state index contributed by atoms with van der Waals surface area (Å²) in [6.07, 6.45) is 0. The Morgan fingerprint density at radius 3 is 2.59 bits per heavy atom. The number of nitrogens with one attached hydrogen (secondary N) is 1. The Balaban J connectivity index is 1.46. The monoisotopic (exact) mass is 444 g/mol. The van der Waals surface area contributed by atoms with Gasteiger partial charge in [0.1, 0.15) is 17.0 Å². The van der Waals surface area contributed by atoms with Gasteiger partial charge >= 0.3 is 0 Å². The summed E-state index contributed by atoms with van der Waals surface area (Å²) in [5.74, 6) is 1.30. The molecule has 0 aliphatic carbocycles.